The van der Waals surface area contributed by atoms with Crippen molar-refractivity contribution < 1.29 is 19.4 Å². The summed E-state index contributed by atoms with van der Waals surface area (Å²) >= 11 is 0. The number of allylic oxidation sites excluding steroid dienone is 1. The molecule has 2 aliphatic heterocycles. The molecule has 1 N–H and O–H groups in total. The number of fused-ring (bicyclic) bond motifs is 1. The van der Waals surface area contributed by atoms with E-state index < -0.39 is 23.0 Å². The lowest BCUT2D eigenvalue weighted by atomic mass is 9.74. The number of rotatable bonds is 4. The zero-order valence-electron chi connectivity index (χ0n) is 15.5. The Morgan fingerprint density at radius 1 is 1.04 bits per heavy atom. The minimum absolute atomic E-state index is 0.0699. The number of carboxylic acid groups (broad SMARTS) is 1. The summed E-state index contributed by atoms with van der Waals surface area (Å²) in [5.41, 5.74) is 0.135. The topological polar surface area (TPSA) is 66.8 Å². The Labute approximate surface area is 157 Å². The van der Waals surface area contributed by atoms with Gasteiger partial charge in [-0.3, -0.25) is 9.69 Å². The van der Waals surface area contributed by atoms with E-state index >= 15 is 0 Å². The first kappa shape index (κ1) is 17.3. The van der Waals surface area contributed by atoms with Crippen molar-refractivity contribution in [3.05, 3.63) is 83.2 Å². The molecule has 5 nitrogen and oxygen atoms in total. The predicted molar refractivity (Wildman–Crippen MR) is 99.5 cm³/mol. The monoisotopic (exact) mass is 363 g/mol. The molecule has 1 atom stereocenters. The Bertz CT molecular complexity index is 907. The van der Waals surface area contributed by atoms with Gasteiger partial charge >= 0.3 is 5.97 Å². The highest BCUT2D eigenvalue weighted by atomic mass is 16.5. The Balaban J connectivity index is 1.97. The minimum Gasteiger partial charge on any atom is -0.476 e. The van der Waals surface area contributed by atoms with Gasteiger partial charge in [-0.1, -0.05) is 60.7 Å². The normalized spacial score (nSPS) is 20.8. The summed E-state index contributed by atoms with van der Waals surface area (Å²) in [5.74, 6) is -1.09. The molecule has 1 unspecified atom stereocenters. The van der Waals surface area contributed by atoms with Crippen molar-refractivity contribution in [2.24, 2.45) is 5.41 Å². The van der Waals surface area contributed by atoms with Crippen molar-refractivity contribution in [1.29, 1.82) is 0 Å². The van der Waals surface area contributed by atoms with Gasteiger partial charge in [0.05, 0.1) is 5.41 Å². The zero-order valence-corrected chi connectivity index (χ0v) is 15.5. The van der Waals surface area contributed by atoms with Crippen molar-refractivity contribution in [2.75, 3.05) is 0 Å². The number of hydrogen-bond acceptors (Lipinski definition) is 3. The predicted octanol–water partition coefficient (Wildman–Crippen LogP) is 3.51. The molecular formula is C22H21NO4. The van der Waals surface area contributed by atoms with Gasteiger partial charge in [0, 0.05) is 0 Å². The largest absolute Gasteiger partial charge is 0.476 e. The number of hydrogen-bond donors (Lipinski definition) is 1. The molecule has 2 aliphatic rings. The fraction of sp³-hybridized carbons (Fsp3) is 0.273. The summed E-state index contributed by atoms with van der Waals surface area (Å²) in [6.45, 7) is 5.50. The van der Waals surface area contributed by atoms with Gasteiger partial charge in [-0.25, -0.2) is 4.79 Å². The van der Waals surface area contributed by atoms with E-state index in [9.17, 15) is 14.7 Å². The van der Waals surface area contributed by atoms with Crippen LogP contribution in [0.4, 0.5) is 0 Å². The fourth-order valence-corrected chi connectivity index (χ4v) is 4.00. The summed E-state index contributed by atoms with van der Waals surface area (Å²) in [5, 5.41) is 9.92. The van der Waals surface area contributed by atoms with Crippen LogP contribution in [0.25, 0.3) is 0 Å². The Morgan fingerprint density at radius 2 is 1.52 bits per heavy atom. The molecule has 2 aromatic rings. The third-order valence-electron chi connectivity index (χ3n) is 5.67. The van der Waals surface area contributed by atoms with Gasteiger partial charge < -0.3 is 9.84 Å². The molecule has 0 bridgehead atoms. The van der Waals surface area contributed by atoms with Crippen LogP contribution in [-0.4, -0.2) is 28.1 Å². The third kappa shape index (κ3) is 2.24. The number of ether oxygens (including phenoxy) is 1. The van der Waals surface area contributed by atoms with Gasteiger partial charge in [0.2, 0.25) is 5.91 Å². The first-order valence-electron chi connectivity index (χ1n) is 8.89. The number of nitrogens with zero attached hydrogens (tertiary/aromatic N) is 1. The number of β-lactam (4-membered cyclic amide) rings is 1. The van der Waals surface area contributed by atoms with Gasteiger partial charge in [0.15, 0.2) is 11.9 Å². The third-order valence-corrected chi connectivity index (χ3v) is 5.67. The van der Waals surface area contributed by atoms with Crippen LogP contribution in [0.5, 0.6) is 0 Å². The maximum Gasteiger partial charge on any atom is 0.356 e. The average molecular weight is 363 g/mol. The Kier molecular flexibility index (Phi) is 3.67. The molecule has 2 aromatic carbocycles. The average Bonchev–Trinajstić information content (AvgIpc) is 3.08. The lowest BCUT2D eigenvalue weighted by Gasteiger charge is -2.47. The molecule has 0 radical (unpaired) electrons. The van der Waals surface area contributed by atoms with E-state index in [1.165, 1.54) is 4.90 Å². The van der Waals surface area contributed by atoms with Crippen LogP contribution in [0.15, 0.2) is 72.1 Å². The second-order valence-electron chi connectivity index (χ2n) is 7.71. The van der Waals surface area contributed by atoms with Crippen LogP contribution in [0, 0.1) is 5.41 Å². The van der Waals surface area contributed by atoms with Crippen molar-refractivity contribution >= 4 is 11.9 Å². The van der Waals surface area contributed by atoms with E-state index in [0.717, 1.165) is 11.1 Å². The molecule has 1 saturated heterocycles. The van der Waals surface area contributed by atoms with E-state index in [-0.39, 0.29) is 11.6 Å². The zero-order chi connectivity index (χ0) is 19.4. The lowest BCUT2D eigenvalue weighted by Crippen LogP contribution is -2.64. The Morgan fingerprint density at radius 3 is 1.96 bits per heavy atom. The summed E-state index contributed by atoms with van der Waals surface area (Å²) in [7, 11) is 0. The molecule has 2 heterocycles. The molecule has 0 aliphatic carbocycles. The van der Waals surface area contributed by atoms with E-state index in [4.69, 9.17) is 4.74 Å². The van der Waals surface area contributed by atoms with Crippen LogP contribution in [-0.2, 0) is 19.7 Å². The smallest absolute Gasteiger partial charge is 0.356 e. The van der Waals surface area contributed by atoms with Gasteiger partial charge in [-0.2, -0.15) is 0 Å². The molecule has 0 aromatic heterocycles. The standard InChI is InChI=1S/C22H21NO4/c1-21(2)19(26)23-16(18(24)25)17(27-20(21)23)22(3,14-10-6-4-7-11-14)15-12-8-5-9-13-15/h4-13,20H,1-3H3,(H,24,25). The molecule has 5 heteroatoms. The summed E-state index contributed by atoms with van der Waals surface area (Å²) in [4.78, 5) is 26.0. The quantitative estimate of drug-likeness (QED) is 0.844. The van der Waals surface area contributed by atoms with Crippen molar-refractivity contribution in [1.82, 2.24) is 4.90 Å². The lowest BCUT2D eigenvalue weighted by molar-refractivity contribution is -0.188. The highest BCUT2D eigenvalue weighted by molar-refractivity contribution is 6.00. The highest BCUT2D eigenvalue weighted by Gasteiger charge is 2.64. The number of carboxylic acids is 1. The van der Waals surface area contributed by atoms with Crippen LogP contribution < -0.4 is 0 Å². The number of aliphatic carboxylic acids is 1. The maximum atomic E-state index is 12.6. The number of carbonyl (C=O) groups is 2. The minimum atomic E-state index is -1.16. The first-order valence-corrected chi connectivity index (χ1v) is 8.89. The maximum absolute atomic E-state index is 12.6. The summed E-state index contributed by atoms with van der Waals surface area (Å²) in [6.07, 6.45) is -0.599. The van der Waals surface area contributed by atoms with E-state index in [1.807, 2.05) is 67.6 Å². The number of amides is 1. The molecule has 27 heavy (non-hydrogen) atoms. The van der Waals surface area contributed by atoms with E-state index in [1.54, 1.807) is 13.8 Å². The SMILES string of the molecule is CC(C1=C(C(=O)O)N2C(=O)C(C)(C)C2O1)(c1ccccc1)c1ccccc1. The molecule has 1 amide bonds. The van der Waals surface area contributed by atoms with Crippen molar-refractivity contribution in [3.63, 3.8) is 0 Å². The van der Waals surface area contributed by atoms with Crippen molar-refractivity contribution in [2.45, 2.75) is 32.4 Å². The van der Waals surface area contributed by atoms with E-state index in [0.29, 0.717) is 5.76 Å². The highest BCUT2D eigenvalue weighted by Crippen LogP contribution is 2.53. The van der Waals surface area contributed by atoms with Crippen LogP contribution >= 0.6 is 0 Å². The molecule has 4 rings (SSSR count). The fourth-order valence-electron chi connectivity index (χ4n) is 4.00. The number of carbonyl (C=O) groups excluding carboxylic acids is 1. The van der Waals surface area contributed by atoms with Crippen molar-refractivity contribution in [3.8, 4) is 0 Å². The van der Waals surface area contributed by atoms with E-state index in [2.05, 4.69) is 0 Å². The molecule has 0 saturated carbocycles. The summed E-state index contributed by atoms with van der Waals surface area (Å²) in [6, 6.07) is 19.3. The van der Waals surface area contributed by atoms with Crippen LogP contribution in [0.3, 0.4) is 0 Å². The Hall–Kier alpha value is -3.08. The molecule has 138 valence electrons. The van der Waals surface area contributed by atoms with Gasteiger partial charge in [0.1, 0.15) is 11.2 Å². The van der Waals surface area contributed by atoms with Gasteiger partial charge in [-0.15, -0.1) is 0 Å². The van der Waals surface area contributed by atoms with Gasteiger partial charge in [-0.05, 0) is 31.9 Å². The number of benzene rings is 2. The van der Waals surface area contributed by atoms with Gasteiger partial charge in [0.25, 0.3) is 0 Å². The molecular weight excluding hydrogens is 342 g/mol. The second kappa shape index (κ2) is 5.71. The second-order valence-corrected chi connectivity index (χ2v) is 7.71. The first-order chi connectivity index (χ1) is 12.8. The summed E-state index contributed by atoms with van der Waals surface area (Å²) < 4.78 is 6.20. The van der Waals surface area contributed by atoms with Crippen LogP contribution in [0.1, 0.15) is 31.9 Å². The van der Waals surface area contributed by atoms with Crippen LogP contribution in [0.2, 0.25) is 0 Å². The molecule has 0 spiro atoms. The molecule has 1 fully saturated rings.